The van der Waals surface area contributed by atoms with Gasteiger partial charge in [0.15, 0.2) is 11.5 Å². The molecular formula is C14H15NO5. The molecule has 0 unspecified atom stereocenters. The summed E-state index contributed by atoms with van der Waals surface area (Å²) < 4.78 is 10.0. The number of hydrogen-bond acceptors (Lipinski definition) is 5. The predicted molar refractivity (Wildman–Crippen MR) is 73.4 cm³/mol. The maximum atomic E-state index is 12.2. The lowest BCUT2D eigenvalue weighted by Gasteiger charge is -2.08. The van der Waals surface area contributed by atoms with Crippen molar-refractivity contribution in [2.24, 2.45) is 0 Å². The van der Waals surface area contributed by atoms with Gasteiger partial charge < -0.3 is 19.6 Å². The fourth-order valence-corrected chi connectivity index (χ4v) is 1.87. The Morgan fingerprint density at radius 3 is 2.70 bits per heavy atom. The van der Waals surface area contributed by atoms with E-state index in [1.807, 2.05) is 0 Å². The normalized spacial score (nSPS) is 10.5. The minimum Gasteiger partial charge on any atom is -0.504 e. The fraction of sp³-hybridized carbons (Fsp3) is 0.286. The highest BCUT2D eigenvalue weighted by Crippen LogP contribution is 2.29. The van der Waals surface area contributed by atoms with Gasteiger partial charge in [0.25, 0.3) is 0 Å². The summed E-state index contributed by atoms with van der Waals surface area (Å²) in [6.45, 7) is 4.03. The van der Waals surface area contributed by atoms with Gasteiger partial charge in [-0.15, -0.1) is 0 Å². The number of rotatable bonds is 4. The van der Waals surface area contributed by atoms with Gasteiger partial charge in [0.1, 0.15) is 5.56 Å². The predicted octanol–water partition coefficient (Wildman–Crippen LogP) is 1.81. The van der Waals surface area contributed by atoms with Crippen LogP contribution < -0.4 is 10.2 Å². The van der Waals surface area contributed by atoms with Gasteiger partial charge in [-0.1, -0.05) is 0 Å². The molecule has 1 aromatic heterocycles. The second-order valence-electron chi connectivity index (χ2n) is 4.05. The monoisotopic (exact) mass is 277 g/mol. The van der Waals surface area contributed by atoms with Crippen molar-refractivity contribution < 1.29 is 19.4 Å². The Labute approximate surface area is 115 Å². The summed E-state index contributed by atoms with van der Waals surface area (Å²) >= 11 is 0. The highest BCUT2D eigenvalue weighted by Gasteiger charge is 2.15. The van der Waals surface area contributed by atoms with Crippen molar-refractivity contribution in [3.8, 4) is 11.5 Å². The molecule has 0 fully saturated rings. The van der Waals surface area contributed by atoms with Crippen molar-refractivity contribution >= 4 is 16.9 Å². The number of benzene rings is 1. The first-order chi connectivity index (χ1) is 9.58. The number of carbonyl (C=O) groups is 1. The van der Waals surface area contributed by atoms with Crippen LogP contribution in [-0.2, 0) is 4.74 Å². The largest absolute Gasteiger partial charge is 0.504 e. The summed E-state index contributed by atoms with van der Waals surface area (Å²) in [6.07, 6.45) is 1.30. The number of aromatic hydroxyl groups is 1. The third-order valence-electron chi connectivity index (χ3n) is 2.76. The molecule has 0 aliphatic rings. The van der Waals surface area contributed by atoms with Crippen molar-refractivity contribution in [1.82, 2.24) is 4.98 Å². The molecule has 0 saturated carbocycles. The quantitative estimate of drug-likeness (QED) is 0.832. The van der Waals surface area contributed by atoms with E-state index in [0.717, 1.165) is 0 Å². The van der Waals surface area contributed by atoms with Gasteiger partial charge in [-0.2, -0.15) is 0 Å². The third-order valence-corrected chi connectivity index (χ3v) is 2.76. The minimum atomic E-state index is -0.691. The van der Waals surface area contributed by atoms with Crippen LogP contribution in [0.5, 0.6) is 11.5 Å². The van der Waals surface area contributed by atoms with Gasteiger partial charge in [-0.3, -0.25) is 4.79 Å². The summed E-state index contributed by atoms with van der Waals surface area (Å²) in [5.41, 5.74) is -0.109. The standard InChI is InChI=1S/C14H15NO5/c1-3-19-12-6-10-8(5-11(12)16)13(17)9(7-15-10)14(18)20-4-2/h5-7,16H,3-4H2,1-2H3,(H,15,17). The summed E-state index contributed by atoms with van der Waals surface area (Å²) in [5, 5.41) is 10.0. The number of hydrogen-bond donors (Lipinski definition) is 2. The lowest BCUT2D eigenvalue weighted by molar-refractivity contribution is 0.0524. The number of pyridine rings is 1. The van der Waals surface area contributed by atoms with E-state index in [1.54, 1.807) is 13.8 Å². The Kier molecular flexibility index (Phi) is 3.93. The molecule has 0 bridgehead atoms. The average Bonchev–Trinajstić information content (AvgIpc) is 2.41. The molecule has 0 saturated heterocycles. The first-order valence-electron chi connectivity index (χ1n) is 6.26. The van der Waals surface area contributed by atoms with Gasteiger partial charge >= 0.3 is 5.97 Å². The Morgan fingerprint density at radius 1 is 1.30 bits per heavy atom. The van der Waals surface area contributed by atoms with Crippen molar-refractivity contribution in [1.29, 1.82) is 0 Å². The summed E-state index contributed by atoms with van der Waals surface area (Å²) in [6, 6.07) is 2.80. The van der Waals surface area contributed by atoms with E-state index < -0.39 is 11.4 Å². The Morgan fingerprint density at radius 2 is 2.05 bits per heavy atom. The number of fused-ring (bicyclic) bond motifs is 1. The lowest BCUT2D eigenvalue weighted by Crippen LogP contribution is -2.18. The molecule has 0 aliphatic carbocycles. The molecule has 106 valence electrons. The molecule has 2 aromatic rings. The minimum absolute atomic E-state index is 0.0945. The van der Waals surface area contributed by atoms with Crippen LogP contribution in [0, 0.1) is 0 Å². The van der Waals surface area contributed by atoms with E-state index in [0.29, 0.717) is 12.1 Å². The SMILES string of the molecule is CCOC(=O)c1c[nH]c2cc(OCC)c(O)cc2c1=O. The van der Waals surface area contributed by atoms with Gasteiger partial charge in [0.2, 0.25) is 5.43 Å². The highest BCUT2D eigenvalue weighted by atomic mass is 16.5. The first-order valence-corrected chi connectivity index (χ1v) is 6.26. The summed E-state index contributed by atoms with van der Waals surface area (Å²) in [4.78, 5) is 26.7. The Hall–Kier alpha value is -2.50. The highest BCUT2D eigenvalue weighted by molar-refractivity contribution is 5.94. The zero-order chi connectivity index (χ0) is 14.7. The topological polar surface area (TPSA) is 88.6 Å². The number of phenols is 1. The van der Waals surface area contributed by atoms with E-state index in [4.69, 9.17) is 9.47 Å². The molecular weight excluding hydrogens is 262 g/mol. The molecule has 6 heteroatoms. The molecule has 2 rings (SSSR count). The number of aromatic amines is 1. The molecule has 1 aromatic carbocycles. The Bertz CT molecular complexity index is 705. The molecule has 0 amide bonds. The van der Waals surface area contributed by atoms with Crippen LogP contribution in [0.2, 0.25) is 0 Å². The zero-order valence-electron chi connectivity index (χ0n) is 11.2. The van der Waals surface area contributed by atoms with Gasteiger partial charge in [-0.05, 0) is 19.9 Å². The molecule has 6 nitrogen and oxygen atoms in total. The van der Waals surface area contributed by atoms with Crippen LogP contribution in [0.15, 0.2) is 23.1 Å². The van der Waals surface area contributed by atoms with Crippen LogP contribution in [-0.4, -0.2) is 29.3 Å². The lowest BCUT2D eigenvalue weighted by atomic mass is 10.1. The second kappa shape index (κ2) is 5.64. The number of phenolic OH excluding ortho intramolecular Hbond substituents is 1. The van der Waals surface area contributed by atoms with Crippen molar-refractivity contribution in [3.63, 3.8) is 0 Å². The van der Waals surface area contributed by atoms with E-state index >= 15 is 0 Å². The molecule has 0 spiro atoms. The number of esters is 1. The second-order valence-corrected chi connectivity index (χ2v) is 4.05. The van der Waals surface area contributed by atoms with E-state index in [1.165, 1.54) is 18.3 Å². The molecule has 0 radical (unpaired) electrons. The van der Waals surface area contributed by atoms with Crippen molar-refractivity contribution in [2.45, 2.75) is 13.8 Å². The van der Waals surface area contributed by atoms with Gasteiger partial charge in [0.05, 0.1) is 24.1 Å². The number of nitrogens with one attached hydrogen (secondary N) is 1. The first kappa shape index (κ1) is 13.9. The molecule has 2 N–H and O–H groups in total. The van der Waals surface area contributed by atoms with Gasteiger partial charge in [-0.25, -0.2) is 4.79 Å². The van der Waals surface area contributed by atoms with Gasteiger partial charge in [0, 0.05) is 12.3 Å². The van der Waals surface area contributed by atoms with Crippen LogP contribution in [0.3, 0.4) is 0 Å². The van der Waals surface area contributed by atoms with Crippen LogP contribution in [0.1, 0.15) is 24.2 Å². The number of H-pyrrole nitrogens is 1. The van der Waals surface area contributed by atoms with Crippen LogP contribution in [0.4, 0.5) is 0 Å². The van der Waals surface area contributed by atoms with Crippen molar-refractivity contribution in [2.75, 3.05) is 13.2 Å². The molecule has 0 atom stereocenters. The smallest absolute Gasteiger partial charge is 0.343 e. The average molecular weight is 277 g/mol. The van der Waals surface area contributed by atoms with E-state index in [2.05, 4.69) is 4.98 Å². The number of carbonyl (C=O) groups excluding carboxylic acids is 1. The fourth-order valence-electron chi connectivity index (χ4n) is 1.87. The maximum Gasteiger partial charge on any atom is 0.343 e. The molecule has 20 heavy (non-hydrogen) atoms. The Balaban J connectivity index is 2.59. The van der Waals surface area contributed by atoms with Crippen LogP contribution in [0.25, 0.3) is 10.9 Å². The molecule has 1 heterocycles. The van der Waals surface area contributed by atoms with E-state index in [-0.39, 0.29) is 29.1 Å². The summed E-state index contributed by atoms with van der Waals surface area (Å²) in [5.74, 6) is -0.561. The number of aromatic nitrogens is 1. The van der Waals surface area contributed by atoms with Crippen LogP contribution >= 0.6 is 0 Å². The molecule has 0 aliphatic heterocycles. The maximum absolute atomic E-state index is 12.2. The third kappa shape index (κ3) is 2.45. The number of ether oxygens (including phenoxy) is 2. The van der Waals surface area contributed by atoms with Crippen molar-refractivity contribution in [3.05, 3.63) is 34.1 Å². The van der Waals surface area contributed by atoms with E-state index in [9.17, 15) is 14.7 Å². The summed E-state index contributed by atoms with van der Waals surface area (Å²) in [7, 11) is 0. The zero-order valence-corrected chi connectivity index (χ0v) is 11.2.